The topological polar surface area (TPSA) is 89.1 Å². The zero-order valence-corrected chi connectivity index (χ0v) is 9.89. The lowest BCUT2D eigenvalue weighted by Crippen LogP contribution is -2.33. The summed E-state index contributed by atoms with van der Waals surface area (Å²) in [5.41, 5.74) is 7.41. The normalized spacial score (nSPS) is 17.5. The molecule has 1 fully saturated rings. The third-order valence-corrected chi connectivity index (χ3v) is 3.16. The van der Waals surface area contributed by atoms with E-state index in [2.05, 4.69) is 9.97 Å². The number of carbonyl (C=O) groups is 1. The molecule has 5 heteroatoms. The number of nitrogens with two attached hydrogens (primary N) is 1. The highest BCUT2D eigenvalue weighted by atomic mass is 16.4. The van der Waals surface area contributed by atoms with Crippen molar-refractivity contribution in [3.05, 3.63) is 23.3 Å². The highest BCUT2D eigenvalue weighted by Crippen LogP contribution is 2.35. The Morgan fingerprint density at radius 3 is 2.82 bits per heavy atom. The Bertz CT molecular complexity index is 430. The van der Waals surface area contributed by atoms with Crippen LogP contribution in [-0.4, -0.2) is 27.1 Å². The van der Waals surface area contributed by atoms with Gasteiger partial charge in [-0.05, 0) is 25.8 Å². The maximum Gasteiger partial charge on any atom is 0.320 e. The second kappa shape index (κ2) is 4.79. The van der Waals surface area contributed by atoms with Gasteiger partial charge in [-0.15, -0.1) is 0 Å². The molecule has 1 saturated carbocycles. The summed E-state index contributed by atoms with van der Waals surface area (Å²) in [6.45, 7) is 1.90. The molecule has 2 rings (SSSR count). The first kappa shape index (κ1) is 12.0. The average molecular weight is 235 g/mol. The summed E-state index contributed by atoms with van der Waals surface area (Å²) in [6, 6.07) is 1.06. The van der Waals surface area contributed by atoms with E-state index in [9.17, 15) is 4.79 Å². The highest BCUT2D eigenvalue weighted by Gasteiger charge is 2.22. The molecule has 0 saturated heterocycles. The SMILES string of the molecule is Cc1cc(C2CCC2)nc(CC(N)C(=O)O)n1. The molecular weight excluding hydrogens is 218 g/mol. The van der Waals surface area contributed by atoms with Gasteiger partial charge in [0.1, 0.15) is 11.9 Å². The van der Waals surface area contributed by atoms with Crippen molar-refractivity contribution >= 4 is 5.97 Å². The zero-order valence-electron chi connectivity index (χ0n) is 9.89. The van der Waals surface area contributed by atoms with Crippen LogP contribution in [0.2, 0.25) is 0 Å². The van der Waals surface area contributed by atoms with E-state index in [1.54, 1.807) is 0 Å². The van der Waals surface area contributed by atoms with Crippen molar-refractivity contribution in [3.63, 3.8) is 0 Å². The molecule has 0 radical (unpaired) electrons. The van der Waals surface area contributed by atoms with Gasteiger partial charge in [0.2, 0.25) is 0 Å². The molecule has 1 heterocycles. The Hall–Kier alpha value is -1.49. The van der Waals surface area contributed by atoms with Crippen LogP contribution in [-0.2, 0) is 11.2 Å². The first-order valence-corrected chi connectivity index (χ1v) is 5.89. The predicted molar refractivity (Wildman–Crippen MR) is 62.7 cm³/mol. The van der Waals surface area contributed by atoms with Crippen LogP contribution in [0.5, 0.6) is 0 Å². The molecule has 0 aromatic carbocycles. The second-order valence-electron chi connectivity index (χ2n) is 4.63. The van der Waals surface area contributed by atoms with Gasteiger partial charge in [-0.1, -0.05) is 6.42 Å². The maximum atomic E-state index is 10.7. The number of rotatable bonds is 4. The molecule has 0 aliphatic heterocycles. The van der Waals surface area contributed by atoms with Crippen LogP contribution >= 0.6 is 0 Å². The monoisotopic (exact) mass is 235 g/mol. The molecule has 0 bridgehead atoms. The summed E-state index contributed by atoms with van der Waals surface area (Å²) in [6.07, 6.45) is 3.77. The van der Waals surface area contributed by atoms with Crippen LogP contribution in [0.3, 0.4) is 0 Å². The van der Waals surface area contributed by atoms with Crippen LogP contribution in [0.4, 0.5) is 0 Å². The van der Waals surface area contributed by atoms with Crippen LogP contribution in [0.1, 0.15) is 42.4 Å². The summed E-state index contributed by atoms with van der Waals surface area (Å²) < 4.78 is 0. The molecule has 0 amide bonds. The lowest BCUT2D eigenvalue weighted by Gasteiger charge is -2.25. The number of carboxylic acids is 1. The molecule has 1 unspecified atom stereocenters. The van der Waals surface area contributed by atoms with Gasteiger partial charge in [-0.2, -0.15) is 0 Å². The molecule has 0 spiro atoms. The van der Waals surface area contributed by atoms with Gasteiger partial charge in [-0.3, -0.25) is 4.79 Å². The summed E-state index contributed by atoms with van der Waals surface area (Å²) in [4.78, 5) is 19.4. The van der Waals surface area contributed by atoms with Gasteiger partial charge in [0.25, 0.3) is 0 Å². The Morgan fingerprint density at radius 2 is 2.29 bits per heavy atom. The van der Waals surface area contributed by atoms with Gasteiger partial charge in [-0.25, -0.2) is 9.97 Å². The predicted octanol–water partition coefficient (Wildman–Crippen LogP) is 1.01. The zero-order chi connectivity index (χ0) is 12.4. The van der Waals surface area contributed by atoms with E-state index in [-0.39, 0.29) is 6.42 Å². The maximum absolute atomic E-state index is 10.7. The number of aliphatic carboxylic acids is 1. The molecule has 1 aromatic heterocycles. The summed E-state index contributed by atoms with van der Waals surface area (Å²) >= 11 is 0. The largest absolute Gasteiger partial charge is 0.480 e. The summed E-state index contributed by atoms with van der Waals surface area (Å²) in [5.74, 6) is 0.0543. The van der Waals surface area contributed by atoms with Gasteiger partial charge in [0.05, 0.1) is 0 Å². The fraction of sp³-hybridized carbons (Fsp3) is 0.583. The van der Waals surface area contributed by atoms with Crippen molar-refractivity contribution in [3.8, 4) is 0 Å². The molecular formula is C12H17N3O2. The summed E-state index contributed by atoms with van der Waals surface area (Å²) in [5, 5.41) is 8.77. The molecule has 92 valence electrons. The van der Waals surface area contributed by atoms with Crippen molar-refractivity contribution < 1.29 is 9.90 Å². The number of hydrogen-bond donors (Lipinski definition) is 2. The number of aromatic nitrogens is 2. The Kier molecular flexibility index (Phi) is 3.38. The number of hydrogen-bond acceptors (Lipinski definition) is 4. The van der Waals surface area contributed by atoms with Crippen molar-refractivity contribution in [2.75, 3.05) is 0 Å². The fourth-order valence-corrected chi connectivity index (χ4v) is 1.94. The first-order chi connectivity index (χ1) is 8.06. The van der Waals surface area contributed by atoms with Crippen molar-refractivity contribution in [2.24, 2.45) is 5.73 Å². The number of nitrogens with zero attached hydrogens (tertiary/aromatic N) is 2. The molecule has 1 atom stereocenters. The first-order valence-electron chi connectivity index (χ1n) is 5.89. The van der Waals surface area contributed by atoms with E-state index in [0.29, 0.717) is 11.7 Å². The van der Waals surface area contributed by atoms with E-state index < -0.39 is 12.0 Å². The van der Waals surface area contributed by atoms with E-state index in [1.807, 2.05) is 13.0 Å². The van der Waals surface area contributed by atoms with Crippen molar-refractivity contribution in [1.29, 1.82) is 0 Å². The molecule has 1 aliphatic rings. The molecule has 5 nitrogen and oxygen atoms in total. The second-order valence-corrected chi connectivity index (χ2v) is 4.63. The van der Waals surface area contributed by atoms with E-state index in [0.717, 1.165) is 11.4 Å². The van der Waals surface area contributed by atoms with E-state index in [1.165, 1.54) is 19.3 Å². The quantitative estimate of drug-likeness (QED) is 0.812. The number of carboxylic acid groups (broad SMARTS) is 1. The van der Waals surface area contributed by atoms with Crippen molar-refractivity contribution in [2.45, 2.75) is 44.6 Å². The van der Waals surface area contributed by atoms with Crippen LogP contribution in [0.15, 0.2) is 6.07 Å². The van der Waals surface area contributed by atoms with E-state index in [4.69, 9.17) is 10.8 Å². The number of aryl methyl sites for hydroxylation is 1. The minimum absolute atomic E-state index is 0.191. The Balaban J connectivity index is 2.16. The molecule has 1 aliphatic carbocycles. The van der Waals surface area contributed by atoms with Crippen molar-refractivity contribution in [1.82, 2.24) is 9.97 Å². The lowest BCUT2D eigenvalue weighted by atomic mass is 9.82. The standard InChI is InChI=1S/C12H17N3O2/c1-7-5-10(8-3-2-4-8)15-11(14-7)6-9(13)12(16)17/h5,8-9H,2-4,6,13H2,1H3,(H,16,17). The summed E-state index contributed by atoms with van der Waals surface area (Å²) in [7, 11) is 0. The van der Waals surface area contributed by atoms with Gasteiger partial charge < -0.3 is 10.8 Å². The molecule has 17 heavy (non-hydrogen) atoms. The fourth-order valence-electron chi connectivity index (χ4n) is 1.94. The van der Waals surface area contributed by atoms with Gasteiger partial charge >= 0.3 is 5.97 Å². The van der Waals surface area contributed by atoms with Gasteiger partial charge in [0, 0.05) is 23.7 Å². The van der Waals surface area contributed by atoms with Crippen LogP contribution < -0.4 is 5.73 Å². The van der Waals surface area contributed by atoms with Crippen LogP contribution in [0.25, 0.3) is 0 Å². The third kappa shape index (κ3) is 2.79. The van der Waals surface area contributed by atoms with E-state index >= 15 is 0 Å². The third-order valence-electron chi connectivity index (χ3n) is 3.16. The average Bonchev–Trinajstić information content (AvgIpc) is 2.13. The Morgan fingerprint density at radius 1 is 1.59 bits per heavy atom. The Labute approximate surface area is 100 Å². The molecule has 3 N–H and O–H groups in total. The minimum atomic E-state index is -1.01. The van der Waals surface area contributed by atoms with Crippen LogP contribution in [0, 0.1) is 6.92 Å². The smallest absolute Gasteiger partial charge is 0.320 e. The lowest BCUT2D eigenvalue weighted by molar-refractivity contribution is -0.138. The highest BCUT2D eigenvalue weighted by molar-refractivity contribution is 5.73. The minimum Gasteiger partial charge on any atom is -0.480 e. The van der Waals surface area contributed by atoms with Gasteiger partial charge in [0.15, 0.2) is 0 Å². The molecule has 1 aromatic rings.